The molecule has 0 aliphatic rings. The Kier molecular flexibility index (Phi) is 4.73. The molecule has 136 valence electrons. The second-order valence-corrected chi connectivity index (χ2v) is 8.17. The number of aromatic nitrogens is 4. The first kappa shape index (κ1) is 17.4. The molecule has 27 heavy (non-hydrogen) atoms. The molecule has 3 heterocycles. The van der Waals surface area contributed by atoms with Crippen LogP contribution >= 0.6 is 8.15 Å². The predicted molar refractivity (Wildman–Crippen MR) is 110 cm³/mol. The van der Waals surface area contributed by atoms with E-state index < -0.39 is 8.15 Å². The normalized spacial score (nSPS) is 11.1. The summed E-state index contributed by atoms with van der Waals surface area (Å²) >= 11 is 0. The number of hydrogen-bond donors (Lipinski definition) is 1. The van der Waals surface area contributed by atoms with Crippen LogP contribution in [0.3, 0.4) is 0 Å². The van der Waals surface area contributed by atoms with Crippen LogP contribution in [0.5, 0.6) is 5.75 Å². The molecule has 6 nitrogen and oxygen atoms in total. The Bertz CT molecular complexity index is 1080. The number of anilines is 2. The summed E-state index contributed by atoms with van der Waals surface area (Å²) in [4.78, 5) is 8.86. The van der Waals surface area contributed by atoms with E-state index in [0.717, 1.165) is 34.0 Å². The topological polar surface area (TPSA) is 64.3 Å². The van der Waals surface area contributed by atoms with Crippen molar-refractivity contribution in [3.8, 4) is 17.0 Å². The molecule has 0 aliphatic heterocycles. The van der Waals surface area contributed by atoms with Crippen molar-refractivity contribution in [3.63, 3.8) is 0 Å². The van der Waals surface area contributed by atoms with Crippen molar-refractivity contribution in [3.05, 3.63) is 66.5 Å². The van der Waals surface area contributed by atoms with Gasteiger partial charge in [-0.15, -0.1) is 5.10 Å². The molecule has 4 aromatic rings. The van der Waals surface area contributed by atoms with Gasteiger partial charge >= 0.3 is 0 Å². The SMILES string of the molecule is Cc1ccc(Nc2nc3cccc(-c4cccc(OP(C)C)c4)n3n2)cn1. The van der Waals surface area contributed by atoms with Crippen LogP contribution in [-0.4, -0.2) is 32.9 Å². The van der Waals surface area contributed by atoms with E-state index in [1.807, 2.05) is 66.0 Å². The average molecular weight is 377 g/mol. The Morgan fingerprint density at radius 1 is 1.04 bits per heavy atom. The fourth-order valence-electron chi connectivity index (χ4n) is 2.77. The van der Waals surface area contributed by atoms with Gasteiger partial charge in [0.15, 0.2) is 5.65 Å². The highest BCUT2D eigenvalue weighted by Gasteiger charge is 2.10. The van der Waals surface area contributed by atoms with Gasteiger partial charge in [-0.3, -0.25) is 4.98 Å². The molecule has 1 aromatic carbocycles. The maximum atomic E-state index is 5.88. The Labute approximate surface area is 159 Å². The first-order valence-corrected chi connectivity index (χ1v) is 10.7. The lowest BCUT2D eigenvalue weighted by atomic mass is 10.1. The summed E-state index contributed by atoms with van der Waals surface area (Å²) in [5.74, 6) is 1.40. The summed E-state index contributed by atoms with van der Waals surface area (Å²) in [6, 6.07) is 17.9. The zero-order valence-electron chi connectivity index (χ0n) is 15.4. The molecule has 7 heteroatoms. The third-order valence-corrected chi connectivity index (χ3v) is 4.52. The zero-order valence-corrected chi connectivity index (χ0v) is 16.3. The Balaban J connectivity index is 1.70. The minimum Gasteiger partial charge on any atom is -0.475 e. The van der Waals surface area contributed by atoms with Gasteiger partial charge in [-0.25, -0.2) is 4.52 Å². The molecule has 0 atom stereocenters. The van der Waals surface area contributed by atoms with E-state index in [1.54, 1.807) is 6.20 Å². The fraction of sp³-hybridized carbons (Fsp3) is 0.150. The number of nitrogens with zero attached hydrogens (tertiary/aromatic N) is 4. The molecule has 0 bridgehead atoms. The van der Waals surface area contributed by atoms with E-state index in [9.17, 15) is 0 Å². The molecular weight excluding hydrogens is 357 g/mol. The maximum Gasteiger partial charge on any atom is 0.247 e. The van der Waals surface area contributed by atoms with Crippen molar-refractivity contribution < 1.29 is 4.52 Å². The average Bonchev–Trinajstić information content (AvgIpc) is 3.05. The van der Waals surface area contributed by atoms with Gasteiger partial charge in [-0.2, -0.15) is 4.98 Å². The summed E-state index contributed by atoms with van der Waals surface area (Å²) in [6.45, 7) is 6.12. The third-order valence-electron chi connectivity index (χ3n) is 3.95. The molecule has 0 amide bonds. The standard InChI is InChI=1S/C20H20N5OP/c1-14-10-11-16(13-21-14)22-20-23-19-9-5-8-18(25(19)24-20)15-6-4-7-17(12-15)26-27(2)3/h4-13H,1-3H3,(H,22,24). The predicted octanol–water partition coefficient (Wildman–Crippen LogP) is 4.88. The van der Waals surface area contributed by atoms with E-state index in [4.69, 9.17) is 4.52 Å². The van der Waals surface area contributed by atoms with Crippen LogP contribution in [0.15, 0.2) is 60.8 Å². The number of fused-ring (bicyclic) bond motifs is 1. The van der Waals surface area contributed by atoms with Crippen LogP contribution in [0.2, 0.25) is 0 Å². The Morgan fingerprint density at radius 3 is 2.67 bits per heavy atom. The molecule has 0 aliphatic carbocycles. The van der Waals surface area contributed by atoms with Gasteiger partial charge in [0, 0.05) is 11.3 Å². The maximum absolute atomic E-state index is 5.88. The van der Waals surface area contributed by atoms with E-state index >= 15 is 0 Å². The van der Waals surface area contributed by atoms with E-state index in [-0.39, 0.29) is 0 Å². The molecule has 0 saturated carbocycles. The molecule has 0 saturated heterocycles. The van der Waals surface area contributed by atoms with Crippen LogP contribution in [0.1, 0.15) is 5.69 Å². The van der Waals surface area contributed by atoms with Crippen molar-refractivity contribution in [1.29, 1.82) is 0 Å². The summed E-state index contributed by atoms with van der Waals surface area (Å²) in [5, 5.41) is 7.84. The van der Waals surface area contributed by atoms with Gasteiger partial charge in [-0.05, 0) is 56.7 Å². The molecule has 0 spiro atoms. The van der Waals surface area contributed by atoms with Gasteiger partial charge in [-0.1, -0.05) is 18.2 Å². The highest BCUT2D eigenvalue weighted by Crippen LogP contribution is 2.32. The van der Waals surface area contributed by atoms with Crippen molar-refractivity contribution in [2.45, 2.75) is 6.92 Å². The molecule has 1 N–H and O–H groups in total. The highest BCUT2D eigenvalue weighted by molar-refractivity contribution is 7.51. The van der Waals surface area contributed by atoms with E-state index in [0.29, 0.717) is 5.95 Å². The van der Waals surface area contributed by atoms with Gasteiger partial charge in [0.2, 0.25) is 5.95 Å². The Morgan fingerprint density at radius 2 is 1.89 bits per heavy atom. The number of pyridine rings is 2. The van der Waals surface area contributed by atoms with Gasteiger partial charge < -0.3 is 9.84 Å². The van der Waals surface area contributed by atoms with Crippen LogP contribution in [0.25, 0.3) is 16.9 Å². The number of nitrogens with one attached hydrogen (secondary N) is 1. The van der Waals surface area contributed by atoms with Crippen molar-refractivity contribution >= 4 is 25.4 Å². The smallest absolute Gasteiger partial charge is 0.247 e. The van der Waals surface area contributed by atoms with Crippen LogP contribution in [-0.2, 0) is 0 Å². The van der Waals surface area contributed by atoms with Crippen LogP contribution in [0, 0.1) is 6.92 Å². The lowest BCUT2D eigenvalue weighted by Gasteiger charge is -2.11. The van der Waals surface area contributed by atoms with Gasteiger partial charge in [0.1, 0.15) is 5.75 Å². The summed E-state index contributed by atoms with van der Waals surface area (Å²) in [5.41, 5.74) is 4.58. The number of hydrogen-bond acceptors (Lipinski definition) is 5. The summed E-state index contributed by atoms with van der Waals surface area (Å²) in [7, 11) is -0.470. The third kappa shape index (κ3) is 3.91. The van der Waals surface area contributed by atoms with Crippen LogP contribution < -0.4 is 9.84 Å². The lowest BCUT2D eigenvalue weighted by Crippen LogP contribution is -1.96. The molecule has 0 fully saturated rings. The Hall–Kier alpha value is -2.98. The fourth-order valence-corrected chi connectivity index (χ4v) is 3.31. The number of benzene rings is 1. The first-order valence-electron chi connectivity index (χ1n) is 8.60. The highest BCUT2D eigenvalue weighted by atomic mass is 31.1. The summed E-state index contributed by atoms with van der Waals surface area (Å²) < 4.78 is 7.72. The monoisotopic (exact) mass is 377 g/mol. The van der Waals surface area contributed by atoms with E-state index in [2.05, 4.69) is 33.7 Å². The first-order chi connectivity index (χ1) is 13.1. The largest absolute Gasteiger partial charge is 0.475 e. The second kappa shape index (κ2) is 7.33. The van der Waals surface area contributed by atoms with Crippen molar-refractivity contribution in [2.24, 2.45) is 0 Å². The number of rotatable bonds is 5. The summed E-state index contributed by atoms with van der Waals surface area (Å²) in [6.07, 6.45) is 1.77. The lowest BCUT2D eigenvalue weighted by molar-refractivity contribution is 0.623. The van der Waals surface area contributed by atoms with Crippen molar-refractivity contribution in [2.75, 3.05) is 18.6 Å². The van der Waals surface area contributed by atoms with Crippen molar-refractivity contribution in [1.82, 2.24) is 19.6 Å². The number of aryl methyl sites for hydroxylation is 1. The molecular formula is C20H20N5OP. The van der Waals surface area contributed by atoms with Gasteiger partial charge in [0.25, 0.3) is 0 Å². The minimum absolute atomic E-state index is 0.470. The molecule has 0 unspecified atom stereocenters. The molecule has 4 rings (SSSR count). The second-order valence-electron chi connectivity index (χ2n) is 6.36. The zero-order chi connectivity index (χ0) is 18.8. The van der Waals surface area contributed by atoms with E-state index in [1.165, 1.54) is 0 Å². The van der Waals surface area contributed by atoms with Crippen LogP contribution in [0.4, 0.5) is 11.6 Å². The van der Waals surface area contributed by atoms with Gasteiger partial charge in [0.05, 0.1) is 25.7 Å². The molecule has 3 aromatic heterocycles. The molecule has 0 radical (unpaired) electrons. The minimum atomic E-state index is -0.470. The quantitative estimate of drug-likeness (QED) is 0.502.